The molecular weight excluding hydrogens is 534 g/mol. The van der Waals surface area contributed by atoms with Gasteiger partial charge in [0, 0.05) is 38.1 Å². The average molecular weight is 582 g/mol. The van der Waals surface area contributed by atoms with Crippen LogP contribution in [0.15, 0.2) is 30.3 Å². The SMILES string of the molecule is CCC(=O)CCCCC[C@@H]1CC(=O)[C@H]2CCCCN2C(=O)[C@H]([C@H](C)CC)NC(=O)[C@@H](C(=O)Cc2ccccc2)NC1=O. The summed E-state index contributed by atoms with van der Waals surface area (Å²) >= 11 is 0. The van der Waals surface area contributed by atoms with Crippen LogP contribution in [0.25, 0.3) is 0 Å². The number of Topliss-reactive ketones (excluding diaryl/α,β-unsaturated/α-hetero) is 3. The topological polar surface area (TPSA) is 130 Å². The van der Waals surface area contributed by atoms with Crippen molar-refractivity contribution < 1.29 is 28.8 Å². The summed E-state index contributed by atoms with van der Waals surface area (Å²) in [7, 11) is 0. The van der Waals surface area contributed by atoms with Crippen LogP contribution < -0.4 is 10.6 Å². The van der Waals surface area contributed by atoms with E-state index in [1.165, 1.54) is 0 Å². The molecule has 0 radical (unpaired) electrons. The van der Waals surface area contributed by atoms with E-state index >= 15 is 0 Å². The Morgan fingerprint density at radius 3 is 2.38 bits per heavy atom. The van der Waals surface area contributed by atoms with Gasteiger partial charge in [-0.15, -0.1) is 0 Å². The molecule has 42 heavy (non-hydrogen) atoms. The third kappa shape index (κ3) is 9.07. The first-order valence-electron chi connectivity index (χ1n) is 15.7. The monoisotopic (exact) mass is 581 g/mol. The van der Waals surface area contributed by atoms with Crippen LogP contribution in [0.3, 0.4) is 0 Å². The van der Waals surface area contributed by atoms with Gasteiger partial charge in [-0.2, -0.15) is 0 Å². The van der Waals surface area contributed by atoms with E-state index in [0.717, 1.165) is 19.3 Å². The fourth-order valence-corrected chi connectivity index (χ4v) is 5.85. The van der Waals surface area contributed by atoms with E-state index < -0.39 is 41.6 Å². The molecule has 3 rings (SSSR count). The molecule has 1 aromatic rings. The maximum atomic E-state index is 13.9. The lowest BCUT2D eigenvalue weighted by atomic mass is 9.87. The maximum absolute atomic E-state index is 13.9. The zero-order valence-corrected chi connectivity index (χ0v) is 25.4. The highest BCUT2D eigenvalue weighted by atomic mass is 16.2. The number of nitrogens with zero attached hydrogens (tertiary/aromatic N) is 1. The van der Waals surface area contributed by atoms with Crippen molar-refractivity contribution in [3.63, 3.8) is 0 Å². The molecule has 3 amide bonds. The molecule has 9 nitrogen and oxygen atoms in total. The average Bonchev–Trinajstić information content (AvgIpc) is 3.00. The first kappa shape index (κ1) is 33.1. The molecule has 0 spiro atoms. The van der Waals surface area contributed by atoms with E-state index in [0.29, 0.717) is 57.1 Å². The maximum Gasteiger partial charge on any atom is 0.251 e. The van der Waals surface area contributed by atoms with E-state index in [1.807, 2.05) is 26.8 Å². The second-order valence-electron chi connectivity index (χ2n) is 11.8. The Balaban J connectivity index is 1.91. The molecule has 0 saturated carbocycles. The van der Waals surface area contributed by atoms with Gasteiger partial charge in [0.15, 0.2) is 17.6 Å². The molecule has 2 heterocycles. The lowest BCUT2D eigenvalue weighted by molar-refractivity contribution is -0.148. The Labute approximate surface area is 249 Å². The van der Waals surface area contributed by atoms with Crippen LogP contribution in [0.5, 0.6) is 0 Å². The summed E-state index contributed by atoms with van der Waals surface area (Å²) in [5.41, 5.74) is 0.703. The zero-order chi connectivity index (χ0) is 30.6. The molecule has 230 valence electrons. The highest BCUT2D eigenvalue weighted by Gasteiger charge is 2.41. The second-order valence-corrected chi connectivity index (χ2v) is 11.8. The first-order valence-corrected chi connectivity index (χ1v) is 15.7. The van der Waals surface area contributed by atoms with Gasteiger partial charge in [-0.3, -0.25) is 28.8 Å². The lowest BCUT2D eigenvalue weighted by Gasteiger charge is -2.39. The number of hydrogen-bond donors (Lipinski definition) is 2. The van der Waals surface area contributed by atoms with Gasteiger partial charge in [0.1, 0.15) is 11.8 Å². The molecule has 0 bridgehead atoms. The third-order valence-electron chi connectivity index (χ3n) is 8.75. The molecule has 2 fully saturated rings. The van der Waals surface area contributed by atoms with Crippen molar-refractivity contribution in [2.45, 2.75) is 116 Å². The molecule has 2 aliphatic heterocycles. The minimum absolute atomic E-state index is 0.0651. The Morgan fingerprint density at radius 2 is 1.69 bits per heavy atom. The number of fused-ring (bicyclic) bond motifs is 1. The highest BCUT2D eigenvalue weighted by Crippen LogP contribution is 2.26. The number of hydrogen-bond acceptors (Lipinski definition) is 6. The Hall–Kier alpha value is -3.36. The number of unbranched alkanes of at least 4 members (excludes halogenated alkanes) is 2. The Morgan fingerprint density at radius 1 is 0.952 bits per heavy atom. The van der Waals surface area contributed by atoms with Crippen LogP contribution in [0, 0.1) is 11.8 Å². The molecule has 1 aromatic carbocycles. The van der Waals surface area contributed by atoms with E-state index in [-0.39, 0.29) is 36.2 Å². The minimum Gasteiger partial charge on any atom is -0.342 e. The number of carbonyl (C=O) groups excluding carboxylic acids is 6. The van der Waals surface area contributed by atoms with Crippen LogP contribution in [0.2, 0.25) is 0 Å². The standard InChI is InChI=1S/C33H47N3O6/c1-4-22(3)29-33(42)36-19-13-12-18-26(36)27(38)21-24(16-10-7-11-17-25(37)5-2)31(40)35-30(32(41)34-29)28(39)20-23-14-8-6-9-15-23/h6,8-9,14-15,22,24,26,29-30H,4-5,7,10-13,16-21H2,1-3H3,(H,34,41)(H,35,40)/t22-,24-,26-,29+,30-/m1/s1. The van der Waals surface area contributed by atoms with E-state index in [1.54, 1.807) is 29.2 Å². The molecule has 2 saturated heterocycles. The molecule has 0 aliphatic carbocycles. The molecule has 5 atom stereocenters. The van der Waals surface area contributed by atoms with Gasteiger partial charge in [0.2, 0.25) is 11.8 Å². The smallest absolute Gasteiger partial charge is 0.251 e. The second kappa shape index (κ2) is 16.3. The van der Waals surface area contributed by atoms with Crippen molar-refractivity contribution in [3.05, 3.63) is 35.9 Å². The number of benzene rings is 1. The van der Waals surface area contributed by atoms with E-state index in [9.17, 15) is 28.8 Å². The summed E-state index contributed by atoms with van der Waals surface area (Å²) in [6.07, 6.45) is 5.98. The minimum atomic E-state index is -1.49. The fourth-order valence-electron chi connectivity index (χ4n) is 5.85. The van der Waals surface area contributed by atoms with Gasteiger partial charge in [0.25, 0.3) is 5.91 Å². The molecule has 2 N–H and O–H groups in total. The summed E-state index contributed by atoms with van der Waals surface area (Å²) < 4.78 is 0. The lowest BCUT2D eigenvalue weighted by Crippen LogP contribution is -2.62. The van der Waals surface area contributed by atoms with Gasteiger partial charge in [-0.1, -0.05) is 70.4 Å². The fraction of sp³-hybridized carbons (Fsp3) is 0.636. The predicted octanol–water partition coefficient (Wildman–Crippen LogP) is 3.71. The van der Waals surface area contributed by atoms with Crippen molar-refractivity contribution in [1.29, 1.82) is 0 Å². The molecular formula is C33H47N3O6. The van der Waals surface area contributed by atoms with Crippen molar-refractivity contribution in [2.75, 3.05) is 6.54 Å². The summed E-state index contributed by atoms with van der Waals surface area (Å²) in [4.78, 5) is 81.7. The van der Waals surface area contributed by atoms with E-state index in [4.69, 9.17) is 0 Å². The van der Waals surface area contributed by atoms with Crippen LogP contribution in [-0.4, -0.2) is 64.6 Å². The summed E-state index contributed by atoms with van der Waals surface area (Å²) in [6.45, 7) is 6.02. The van der Waals surface area contributed by atoms with Gasteiger partial charge < -0.3 is 15.5 Å². The normalized spacial score (nSPS) is 24.5. The van der Waals surface area contributed by atoms with Crippen LogP contribution in [0.4, 0.5) is 0 Å². The van der Waals surface area contributed by atoms with Gasteiger partial charge in [0.05, 0.1) is 6.04 Å². The summed E-state index contributed by atoms with van der Waals surface area (Å²) in [6, 6.07) is 5.93. The van der Waals surface area contributed by atoms with Crippen LogP contribution in [0.1, 0.15) is 97.0 Å². The Kier molecular flexibility index (Phi) is 12.9. The van der Waals surface area contributed by atoms with Gasteiger partial charge >= 0.3 is 0 Å². The zero-order valence-electron chi connectivity index (χ0n) is 25.4. The number of ketones is 3. The largest absolute Gasteiger partial charge is 0.342 e. The highest BCUT2D eigenvalue weighted by molar-refractivity contribution is 6.10. The van der Waals surface area contributed by atoms with E-state index in [2.05, 4.69) is 10.6 Å². The number of amides is 3. The van der Waals surface area contributed by atoms with Gasteiger partial charge in [-0.25, -0.2) is 0 Å². The summed E-state index contributed by atoms with van der Waals surface area (Å²) in [5, 5.41) is 5.48. The van der Waals surface area contributed by atoms with Crippen LogP contribution >= 0.6 is 0 Å². The molecule has 9 heteroatoms. The summed E-state index contributed by atoms with van der Waals surface area (Å²) in [5.74, 6) is -2.97. The predicted molar refractivity (Wildman–Crippen MR) is 159 cm³/mol. The number of nitrogens with one attached hydrogen (secondary N) is 2. The van der Waals surface area contributed by atoms with Crippen molar-refractivity contribution >= 4 is 35.1 Å². The first-order chi connectivity index (χ1) is 20.2. The van der Waals surface area contributed by atoms with Crippen molar-refractivity contribution in [1.82, 2.24) is 15.5 Å². The molecule has 2 aliphatic rings. The van der Waals surface area contributed by atoms with Gasteiger partial charge in [-0.05, 0) is 43.6 Å². The Bertz CT molecular complexity index is 1120. The third-order valence-corrected chi connectivity index (χ3v) is 8.75. The number of piperidine rings is 1. The van der Waals surface area contributed by atoms with Crippen molar-refractivity contribution in [2.24, 2.45) is 11.8 Å². The van der Waals surface area contributed by atoms with Crippen LogP contribution in [-0.2, 0) is 35.2 Å². The van der Waals surface area contributed by atoms with Crippen molar-refractivity contribution in [3.8, 4) is 0 Å². The number of carbonyl (C=O) groups is 6. The molecule has 0 aromatic heterocycles. The quantitative estimate of drug-likeness (QED) is 0.286. The molecule has 0 unspecified atom stereocenters. The number of rotatable bonds is 12.